The van der Waals surface area contributed by atoms with Crippen molar-refractivity contribution in [3.8, 4) is 0 Å². The molecule has 0 aliphatic heterocycles. The highest BCUT2D eigenvalue weighted by Crippen LogP contribution is 2.26. The fourth-order valence-electron chi connectivity index (χ4n) is 1.89. The van der Waals surface area contributed by atoms with E-state index in [9.17, 15) is 18.3 Å². The molecule has 0 aromatic heterocycles. The van der Waals surface area contributed by atoms with E-state index in [2.05, 4.69) is 5.32 Å². The van der Waals surface area contributed by atoms with Crippen LogP contribution in [-0.2, 0) is 10.3 Å². The quantitative estimate of drug-likeness (QED) is 0.811. The van der Waals surface area contributed by atoms with Crippen molar-refractivity contribution in [3.63, 3.8) is 0 Å². The predicted molar refractivity (Wildman–Crippen MR) is 70.4 cm³/mol. The van der Waals surface area contributed by atoms with E-state index >= 15 is 0 Å². The second kappa shape index (κ2) is 7.06. The molecule has 0 saturated heterocycles. The van der Waals surface area contributed by atoms with E-state index in [1.165, 1.54) is 0 Å². The highest BCUT2D eigenvalue weighted by atomic mass is 19.4. The number of halogens is 3. The molecule has 0 radical (unpaired) electrons. The van der Waals surface area contributed by atoms with Crippen molar-refractivity contribution in [2.45, 2.75) is 31.7 Å². The summed E-state index contributed by atoms with van der Waals surface area (Å²) in [5.41, 5.74) is -0.339. The van der Waals surface area contributed by atoms with Gasteiger partial charge in [0.1, 0.15) is 0 Å². The van der Waals surface area contributed by atoms with Gasteiger partial charge >= 0.3 is 6.18 Å². The highest BCUT2D eigenvalue weighted by Gasteiger charge is 2.40. The average molecular weight is 291 g/mol. The van der Waals surface area contributed by atoms with Crippen molar-refractivity contribution in [1.82, 2.24) is 5.32 Å². The van der Waals surface area contributed by atoms with E-state index in [0.29, 0.717) is 12.1 Å². The summed E-state index contributed by atoms with van der Waals surface area (Å²) in [6.07, 6.45) is -6.29. The number of rotatable bonds is 7. The number of likely N-dealkylation sites (N-methyl/N-ethyl adjacent to an activating group) is 1. The maximum Gasteiger partial charge on any atom is 0.414 e. The summed E-state index contributed by atoms with van der Waals surface area (Å²) in [5, 5.41) is 12.7. The van der Waals surface area contributed by atoms with E-state index in [1.54, 1.807) is 30.3 Å². The van der Waals surface area contributed by atoms with Crippen LogP contribution in [0.25, 0.3) is 0 Å². The molecule has 1 aromatic rings. The van der Waals surface area contributed by atoms with Gasteiger partial charge in [-0.3, -0.25) is 0 Å². The second-order valence-electron chi connectivity index (χ2n) is 4.63. The number of hydrogen-bond donors (Lipinski definition) is 2. The van der Waals surface area contributed by atoms with Crippen molar-refractivity contribution in [2.75, 3.05) is 19.8 Å². The second-order valence-corrected chi connectivity index (χ2v) is 4.63. The van der Waals surface area contributed by atoms with Crippen molar-refractivity contribution in [2.24, 2.45) is 0 Å². The maximum absolute atomic E-state index is 12.5. The molecule has 2 atom stereocenters. The normalized spacial score (nSPS) is 16.7. The number of alkyl halides is 3. The summed E-state index contributed by atoms with van der Waals surface area (Å²) in [7, 11) is 0. The largest absolute Gasteiger partial charge is 0.414 e. The molecule has 0 fully saturated rings. The predicted octanol–water partition coefficient (Wildman–Crippen LogP) is 2.45. The lowest BCUT2D eigenvalue weighted by molar-refractivity contribution is -0.220. The van der Waals surface area contributed by atoms with Gasteiger partial charge in [-0.15, -0.1) is 0 Å². The molecule has 2 N–H and O–H groups in total. The molecule has 0 saturated carbocycles. The van der Waals surface area contributed by atoms with Gasteiger partial charge in [0.2, 0.25) is 0 Å². The third-order valence-electron chi connectivity index (χ3n) is 3.15. The van der Waals surface area contributed by atoms with E-state index in [1.807, 2.05) is 6.92 Å². The first-order valence-corrected chi connectivity index (χ1v) is 6.45. The summed E-state index contributed by atoms with van der Waals surface area (Å²) < 4.78 is 42.4. The highest BCUT2D eigenvalue weighted by molar-refractivity contribution is 5.25. The lowest BCUT2D eigenvalue weighted by Gasteiger charge is -2.34. The summed E-state index contributed by atoms with van der Waals surface area (Å²) in [5.74, 6) is 0. The van der Waals surface area contributed by atoms with Gasteiger partial charge in [-0.2, -0.15) is 13.2 Å². The van der Waals surface area contributed by atoms with Crippen LogP contribution < -0.4 is 5.32 Å². The first-order chi connectivity index (χ1) is 9.35. The van der Waals surface area contributed by atoms with Gasteiger partial charge in [0.25, 0.3) is 0 Å². The van der Waals surface area contributed by atoms with Crippen molar-refractivity contribution < 1.29 is 23.0 Å². The van der Waals surface area contributed by atoms with Crippen LogP contribution in [0, 0.1) is 0 Å². The van der Waals surface area contributed by atoms with E-state index in [-0.39, 0.29) is 13.2 Å². The molecule has 1 aromatic carbocycles. The summed E-state index contributed by atoms with van der Waals surface area (Å²) >= 11 is 0. The van der Waals surface area contributed by atoms with Crippen molar-refractivity contribution >= 4 is 0 Å². The molecule has 0 heterocycles. The van der Waals surface area contributed by atoms with Gasteiger partial charge in [-0.1, -0.05) is 37.3 Å². The molecule has 0 spiro atoms. The number of nitrogens with one attached hydrogen (secondary N) is 1. The fraction of sp³-hybridized carbons (Fsp3) is 0.571. The zero-order valence-electron chi connectivity index (χ0n) is 11.6. The molecule has 2 unspecified atom stereocenters. The molecule has 6 heteroatoms. The Hall–Kier alpha value is -1.11. The molecule has 114 valence electrons. The molecular formula is C14H20F3NO2. The van der Waals surface area contributed by atoms with Crippen LogP contribution in [0.4, 0.5) is 13.2 Å². The zero-order chi connectivity index (χ0) is 15.2. The van der Waals surface area contributed by atoms with Crippen LogP contribution in [0.15, 0.2) is 30.3 Å². The minimum absolute atomic E-state index is 0.262. The van der Waals surface area contributed by atoms with Crippen LogP contribution in [0.5, 0.6) is 0 Å². The minimum atomic E-state index is -4.41. The summed E-state index contributed by atoms with van der Waals surface area (Å²) in [6.45, 7) is 2.66. The molecule has 0 aliphatic carbocycles. The number of hydrogen-bond acceptors (Lipinski definition) is 3. The molecule has 3 nitrogen and oxygen atoms in total. The lowest BCUT2D eigenvalue weighted by Crippen LogP contribution is -2.50. The fourth-order valence-corrected chi connectivity index (χ4v) is 1.89. The Morgan fingerprint density at radius 2 is 1.85 bits per heavy atom. The number of aliphatic hydroxyl groups excluding tert-OH is 1. The average Bonchev–Trinajstić information content (AvgIpc) is 2.43. The summed E-state index contributed by atoms with van der Waals surface area (Å²) in [6, 6.07) is 8.84. The first-order valence-electron chi connectivity index (χ1n) is 6.45. The zero-order valence-corrected chi connectivity index (χ0v) is 11.6. The third kappa shape index (κ3) is 4.19. The van der Waals surface area contributed by atoms with E-state index < -0.39 is 17.8 Å². The minimum Gasteiger partial charge on any atom is -0.394 e. The Labute approximate surface area is 116 Å². The van der Waals surface area contributed by atoms with E-state index in [4.69, 9.17) is 4.74 Å². The van der Waals surface area contributed by atoms with Gasteiger partial charge in [-0.25, -0.2) is 0 Å². The number of ether oxygens (including phenoxy) is 1. The molecule has 0 bridgehead atoms. The third-order valence-corrected chi connectivity index (χ3v) is 3.15. The SMILES string of the molecule is CCNC(CO)(COC(C)C(F)(F)F)c1ccccc1. The Morgan fingerprint density at radius 3 is 2.30 bits per heavy atom. The van der Waals surface area contributed by atoms with Gasteiger partial charge in [0.05, 0.1) is 18.8 Å². The topological polar surface area (TPSA) is 41.5 Å². The molecule has 0 aliphatic rings. The number of aliphatic hydroxyl groups is 1. The Balaban J connectivity index is 2.90. The van der Waals surface area contributed by atoms with Crippen LogP contribution in [0.2, 0.25) is 0 Å². The molecule has 0 amide bonds. The lowest BCUT2D eigenvalue weighted by atomic mass is 9.91. The van der Waals surface area contributed by atoms with Gasteiger partial charge < -0.3 is 15.2 Å². The van der Waals surface area contributed by atoms with Gasteiger partial charge in [0, 0.05) is 0 Å². The Kier molecular flexibility index (Phi) is 5.98. The standard InChI is InChI=1S/C14H20F3NO2/c1-3-18-13(9-19,12-7-5-4-6-8-12)10-20-11(2)14(15,16)17/h4-8,11,18-19H,3,9-10H2,1-2H3. The Morgan fingerprint density at radius 1 is 1.25 bits per heavy atom. The number of benzene rings is 1. The molecular weight excluding hydrogens is 271 g/mol. The molecule has 1 rings (SSSR count). The Bertz CT molecular complexity index is 397. The molecule has 20 heavy (non-hydrogen) atoms. The van der Waals surface area contributed by atoms with E-state index in [0.717, 1.165) is 6.92 Å². The van der Waals surface area contributed by atoms with Crippen LogP contribution in [-0.4, -0.2) is 37.1 Å². The smallest absolute Gasteiger partial charge is 0.394 e. The first kappa shape index (κ1) is 16.9. The van der Waals surface area contributed by atoms with Crippen molar-refractivity contribution in [1.29, 1.82) is 0 Å². The maximum atomic E-state index is 12.5. The van der Waals surface area contributed by atoms with Crippen LogP contribution >= 0.6 is 0 Å². The van der Waals surface area contributed by atoms with Gasteiger partial charge in [-0.05, 0) is 19.0 Å². The summed E-state index contributed by atoms with van der Waals surface area (Å²) in [4.78, 5) is 0. The monoisotopic (exact) mass is 291 g/mol. The van der Waals surface area contributed by atoms with Gasteiger partial charge in [0.15, 0.2) is 6.10 Å². The van der Waals surface area contributed by atoms with Crippen LogP contribution in [0.3, 0.4) is 0 Å². The van der Waals surface area contributed by atoms with Crippen LogP contribution in [0.1, 0.15) is 19.4 Å². The van der Waals surface area contributed by atoms with Crippen molar-refractivity contribution in [3.05, 3.63) is 35.9 Å².